The molecule has 1 amide bonds. The molecule has 0 saturated carbocycles. The number of phenols is 1. The van der Waals surface area contributed by atoms with E-state index in [1.807, 2.05) is 20.0 Å². The van der Waals surface area contributed by atoms with Gasteiger partial charge >= 0.3 is 0 Å². The average Bonchev–Trinajstić information content (AvgIpc) is 2.95. The Kier molecular flexibility index (Phi) is 3.92. The first kappa shape index (κ1) is 15.9. The van der Waals surface area contributed by atoms with Crippen molar-refractivity contribution in [1.29, 1.82) is 0 Å². The van der Waals surface area contributed by atoms with Crippen LogP contribution < -0.4 is 5.32 Å². The van der Waals surface area contributed by atoms with Crippen molar-refractivity contribution in [1.82, 2.24) is 9.78 Å². The number of halogens is 2. The molecule has 1 heterocycles. The van der Waals surface area contributed by atoms with Gasteiger partial charge in [-0.15, -0.1) is 0 Å². The highest BCUT2D eigenvalue weighted by molar-refractivity contribution is 6.05. The minimum absolute atomic E-state index is 0.207. The molecule has 0 atom stereocenters. The number of aromatic hydroxyl groups is 1. The molecular weight excluding hydrogens is 316 g/mol. The van der Waals surface area contributed by atoms with Crippen LogP contribution in [0.2, 0.25) is 0 Å². The fourth-order valence-electron chi connectivity index (χ4n) is 2.28. The van der Waals surface area contributed by atoms with Gasteiger partial charge in [0.1, 0.15) is 0 Å². The van der Waals surface area contributed by atoms with E-state index < -0.39 is 23.3 Å². The van der Waals surface area contributed by atoms with Crippen molar-refractivity contribution in [2.45, 2.75) is 19.9 Å². The van der Waals surface area contributed by atoms with Gasteiger partial charge in [-0.3, -0.25) is 9.48 Å². The van der Waals surface area contributed by atoms with Crippen LogP contribution in [0.1, 0.15) is 30.2 Å². The number of amides is 1. The van der Waals surface area contributed by atoms with Gasteiger partial charge in [-0.1, -0.05) is 0 Å². The summed E-state index contributed by atoms with van der Waals surface area (Å²) in [5.41, 5.74) is 0.926. The van der Waals surface area contributed by atoms with Crippen LogP contribution in [0.4, 0.5) is 14.5 Å². The molecule has 2 N–H and O–H groups in total. The number of benzene rings is 2. The van der Waals surface area contributed by atoms with Crippen LogP contribution in [0.25, 0.3) is 10.9 Å². The molecule has 3 rings (SSSR count). The SMILES string of the molecule is CC(C)n1cc2ccc(NC(=O)c3cc(F)c(O)c(F)c3)cc2n1. The summed E-state index contributed by atoms with van der Waals surface area (Å²) in [7, 11) is 0. The van der Waals surface area contributed by atoms with Gasteiger partial charge in [-0.25, -0.2) is 8.78 Å². The van der Waals surface area contributed by atoms with Crippen LogP contribution >= 0.6 is 0 Å². The van der Waals surface area contributed by atoms with Crippen molar-refractivity contribution in [2.75, 3.05) is 5.32 Å². The Morgan fingerprint density at radius 3 is 2.50 bits per heavy atom. The second kappa shape index (κ2) is 5.92. The number of hydrogen-bond acceptors (Lipinski definition) is 3. The topological polar surface area (TPSA) is 67.2 Å². The van der Waals surface area contributed by atoms with E-state index in [-0.39, 0.29) is 11.6 Å². The zero-order valence-electron chi connectivity index (χ0n) is 13.0. The number of carbonyl (C=O) groups excluding carboxylic acids is 1. The fourth-order valence-corrected chi connectivity index (χ4v) is 2.28. The van der Waals surface area contributed by atoms with Gasteiger partial charge in [-0.05, 0) is 44.2 Å². The third-order valence-corrected chi connectivity index (χ3v) is 3.59. The highest BCUT2D eigenvalue weighted by Crippen LogP contribution is 2.23. The van der Waals surface area contributed by atoms with Crippen molar-refractivity contribution in [3.63, 3.8) is 0 Å². The Labute approximate surface area is 136 Å². The molecular formula is C17H15F2N3O2. The van der Waals surface area contributed by atoms with E-state index in [1.54, 1.807) is 22.9 Å². The van der Waals surface area contributed by atoms with Crippen LogP contribution in [0.15, 0.2) is 36.5 Å². The summed E-state index contributed by atoms with van der Waals surface area (Å²) >= 11 is 0. The minimum atomic E-state index is -1.19. The van der Waals surface area contributed by atoms with E-state index in [0.29, 0.717) is 11.2 Å². The van der Waals surface area contributed by atoms with Gasteiger partial charge in [-0.2, -0.15) is 5.10 Å². The second-order valence-electron chi connectivity index (χ2n) is 5.72. The number of carbonyl (C=O) groups is 1. The maximum atomic E-state index is 13.3. The summed E-state index contributed by atoms with van der Waals surface area (Å²) in [6.07, 6.45) is 1.90. The number of nitrogens with one attached hydrogen (secondary N) is 1. The first-order valence-corrected chi connectivity index (χ1v) is 7.33. The zero-order chi connectivity index (χ0) is 17.4. The molecule has 2 aromatic carbocycles. The highest BCUT2D eigenvalue weighted by Gasteiger charge is 2.15. The molecule has 124 valence electrons. The normalized spacial score (nSPS) is 11.2. The molecule has 0 spiro atoms. The molecule has 7 heteroatoms. The van der Waals surface area contributed by atoms with Crippen LogP contribution in [0, 0.1) is 11.6 Å². The number of rotatable bonds is 3. The molecule has 0 aliphatic carbocycles. The lowest BCUT2D eigenvalue weighted by Gasteiger charge is -2.06. The van der Waals surface area contributed by atoms with Crippen molar-refractivity contribution >= 4 is 22.5 Å². The summed E-state index contributed by atoms with van der Waals surface area (Å²) in [4.78, 5) is 12.1. The average molecular weight is 331 g/mol. The lowest BCUT2D eigenvalue weighted by atomic mass is 10.1. The summed E-state index contributed by atoms with van der Waals surface area (Å²) in [5, 5.41) is 17.0. The number of anilines is 1. The highest BCUT2D eigenvalue weighted by atomic mass is 19.1. The van der Waals surface area contributed by atoms with E-state index in [9.17, 15) is 13.6 Å². The monoisotopic (exact) mass is 331 g/mol. The molecule has 0 fully saturated rings. The summed E-state index contributed by atoms with van der Waals surface area (Å²) in [6, 6.07) is 6.92. The molecule has 0 aliphatic heterocycles. The smallest absolute Gasteiger partial charge is 0.255 e. The molecule has 0 radical (unpaired) electrons. The Hall–Kier alpha value is -2.96. The van der Waals surface area contributed by atoms with Crippen molar-refractivity contribution in [3.05, 3.63) is 53.7 Å². The Morgan fingerprint density at radius 1 is 1.21 bits per heavy atom. The first-order valence-electron chi connectivity index (χ1n) is 7.33. The number of hydrogen-bond donors (Lipinski definition) is 2. The number of aromatic nitrogens is 2. The predicted octanol–water partition coefficient (Wildman–Crippen LogP) is 3.85. The Morgan fingerprint density at radius 2 is 1.88 bits per heavy atom. The lowest BCUT2D eigenvalue weighted by Crippen LogP contribution is -2.12. The standard InChI is InChI=1S/C17H15F2N3O2/c1-9(2)22-8-10-3-4-12(7-15(10)21-22)20-17(24)11-5-13(18)16(23)14(19)6-11/h3-9,23H,1-2H3,(H,20,24). The Bertz CT molecular complexity index is 912. The Balaban J connectivity index is 1.87. The van der Waals surface area contributed by atoms with E-state index in [1.165, 1.54) is 0 Å². The quantitative estimate of drug-likeness (QED) is 0.766. The molecule has 24 heavy (non-hydrogen) atoms. The number of phenolic OH excluding ortho intramolecular Hbond substituents is 1. The third-order valence-electron chi connectivity index (χ3n) is 3.59. The van der Waals surface area contributed by atoms with Gasteiger partial charge in [0.25, 0.3) is 5.91 Å². The first-order chi connectivity index (χ1) is 11.3. The summed E-state index contributed by atoms with van der Waals surface area (Å²) < 4.78 is 28.5. The molecule has 0 aliphatic rings. The summed E-state index contributed by atoms with van der Waals surface area (Å²) in [6.45, 7) is 4.00. The van der Waals surface area contributed by atoms with Gasteiger partial charge in [0.15, 0.2) is 17.4 Å². The van der Waals surface area contributed by atoms with Crippen molar-refractivity contribution < 1.29 is 18.7 Å². The van der Waals surface area contributed by atoms with Gasteiger partial charge < -0.3 is 10.4 Å². The number of nitrogens with zero attached hydrogens (tertiary/aromatic N) is 2. The molecule has 0 bridgehead atoms. The minimum Gasteiger partial charge on any atom is -0.503 e. The molecule has 0 unspecified atom stereocenters. The van der Waals surface area contributed by atoms with Crippen molar-refractivity contribution in [3.8, 4) is 5.75 Å². The molecule has 1 aromatic heterocycles. The fraction of sp³-hybridized carbons (Fsp3) is 0.176. The lowest BCUT2D eigenvalue weighted by molar-refractivity contribution is 0.102. The molecule has 3 aromatic rings. The van der Waals surface area contributed by atoms with Crippen molar-refractivity contribution in [2.24, 2.45) is 0 Å². The maximum absolute atomic E-state index is 13.3. The van der Waals surface area contributed by atoms with Gasteiger partial charge in [0, 0.05) is 28.9 Å². The third kappa shape index (κ3) is 2.92. The molecule has 5 nitrogen and oxygen atoms in total. The van der Waals surface area contributed by atoms with Crippen LogP contribution in [-0.4, -0.2) is 20.8 Å². The number of fused-ring (bicyclic) bond motifs is 1. The molecule has 0 saturated heterocycles. The van der Waals surface area contributed by atoms with Gasteiger partial charge in [0.05, 0.1) is 5.52 Å². The largest absolute Gasteiger partial charge is 0.503 e. The van der Waals surface area contributed by atoms with E-state index >= 15 is 0 Å². The second-order valence-corrected chi connectivity index (χ2v) is 5.72. The summed E-state index contributed by atoms with van der Waals surface area (Å²) in [5.74, 6) is -4.17. The van der Waals surface area contributed by atoms with E-state index in [2.05, 4.69) is 10.4 Å². The van der Waals surface area contributed by atoms with E-state index in [4.69, 9.17) is 5.11 Å². The van der Waals surface area contributed by atoms with Gasteiger partial charge in [0.2, 0.25) is 0 Å². The maximum Gasteiger partial charge on any atom is 0.255 e. The van der Waals surface area contributed by atoms with Crippen LogP contribution in [0.3, 0.4) is 0 Å². The van der Waals surface area contributed by atoms with Crippen LogP contribution in [0.5, 0.6) is 5.75 Å². The van der Waals surface area contributed by atoms with Crippen LogP contribution in [-0.2, 0) is 0 Å². The van der Waals surface area contributed by atoms with E-state index in [0.717, 1.165) is 17.5 Å². The zero-order valence-corrected chi connectivity index (χ0v) is 13.0. The predicted molar refractivity (Wildman–Crippen MR) is 86.1 cm³/mol.